The largest absolute Gasteiger partial charge is 0.493 e. The standard InChI is InChI=1S/C31H28BrClN4O3/c1-2-3-4-19-5-14-26-25(17-19)21(18-35-26)15-16-34-28(20-6-10-23(33)11-7-20)27-29(38)36-31(40)37(30(27)39)24-12-8-22(32)9-13-24/h5-14,17-18,35,39H,2-4,15-16H2,1H3,(H,36,38,40). The second-order valence-corrected chi connectivity index (χ2v) is 10.9. The van der Waals surface area contributed by atoms with E-state index in [4.69, 9.17) is 16.6 Å². The van der Waals surface area contributed by atoms with Crippen molar-refractivity contribution in [2.24, 2.45) is 4.99 Å². The van der Waals surface area contributed by atoms with Crippen LogP contribution in [0.2, 0.25) is 5.02 Å². The Kier molecular flexibility index (Phi) is 8.38. The zero-order chi connectivity index (χ0) is 28.2. The Morgan fingerprint density at radius 3 is 2.50 bits per heavy atom. The zero-order valence-corrected chi connectivity index (χ0v) is 24.2. The molecule has 0 spiro atoms. The average molecular weight is 620 g/mol. The molecule has 7 nitrogen and oxygen atoms in total. The minimum atomic E-state index is -0.748. The Hall–Kier alpha value is -3.88. The van der Waals surface area contributed by atoms with Gasteiger partial charge in [0.2, 0.25) is 5.88 Å². The molecule has 5 rings (SSSR count). The monoisotopic (exact) mass is 618 g/mol. The van der Waals surface area contributed by atoms with Crippen LogP contribution in [-0.4, -0.2) is 31.9 Å². The third-order valence-corrected chi connectivity index (χ3v) is 7.61. The lowest BCUT2D eigenvalue weighted by atomic mass is 10.0. The lowest BCUT2D eigenvalue weighted by Crippen LogP contribution is -2.33. The maximum absolute atomic E-state index is 13.1. The predicted octanol–water partition coefficient (Wildman–Crippen LogP) is 6.55. The van der Waals surface area contributed by atoms with Crippen molar-refractivity contribution in [3.05, 3.63) is 126 Å². The van der Waals surface area contributed by atoms with Gasteiger partial charge in [0.05, 0.1) is 11.4 Å². The highest BCUT2D eigenvalue weighted by molar-refractivity contribution is 9.10. The number of halogens is 2. The van der Waals surface area contributed by atoms with E-state index in [0.29, 0.717) is 29.2 Å². The van der Waals surface area contributed by atoms with Gasteiger partial charge in [0.1, 0.15) is 5.56 Å². The van der Waals surface area contributed by atoms with Crippen LogP contribution in [0.15, 0.2) is 92.0 Å². The minimum absolute atomic E-state index is 0.0920. The SMILES string of the molecule is CCCCc1ccc2[nH]cc(CCN=C(c3ccc(Cl)cc3)c3c(O)n(-c4ccc(Br)cc4)c(=O)[nH]c3=O)c2c1. The summed E-state index contributed by atoms with van der Waals surface area (Å²) >= 11 is 9.50. The van der Waals surface area contributed by atoms with Crippen molar-refractivity contribution < 1.29 is 5.11 Å². The van der Waals surface area contributed by atoms with Crippen LogP contribution in [0.1, 0.15) is 42.0 Å². The molecule has 40 heavy (non-hydrogen) atoms. The van der Waals surface area contributed by atoms with Crippen LogP contribution in [0.4, 0.5) is 0 Å². The topological polar surface area (TPSA) is 103 Å². The predicted molar refractivity (Wildman–Crippen MR) is 165 cm³/mol. The molecule has 0 atom stereocenters. The van der Waals surface area contributed by atoms with Gasteiger partial charge >= 0.3 is 5.69 Å². The third-order valence-electron chi connectivity index (χ3n) is 6.83. The summed E-state index contributed by atoms with van der Waals surface area (Å²) in [5.41, 5.74) is 3.17. The molecule has 5 aromatic rings. The quantitative estimate of drug-likeness (QED) is 0.163. The van der Waals surface area contributed by atoms with Gasteiger partial charge < -0.3 is 10.1 Å². The highest BCUT2D eigenvalue weighted by atomic mass is 79.9. The van der Waals surface area contributed by atoms with Crippen molar-refractivity contribution in [1.29, 1.82) is 0 Å². The number of H-pyrrole nitrogens is 2. The molecule has 3 aromatic carbocycles. The average Bonchev–Trinajstić information content (AvgIpc) is 3.34. The van der Waals surface area contributed by atoms with Crippen molar-refractivity contribution in [1.82, 2.24) is 14.5 Å². The molecule has 0 bridgehead atoms. The molecule has 9 heteroatoms. The molecule has 0 saturated carbocycles. The summed E-state index contributed by atoms with van der Waals surface area (Å²) in [6, 6.07) is 20.2. The van der Waals surface area contributed by atoms with Gasteiger partial charge in [0.25, 0.3) is 5.56 Å². The Morgan fingerprint density at radius 2 is 1.77 bits per heavy atom. The highest BCUT2D eigenvalue weighted by Gasteiger charge is 2.22. The number of fused-ring (bicyclic) bond motifs is 1. The van der Waals surface area contributed by atoms with E-state index in [1.54, 1.807) is 48.5 Å². The normalized spacial score (nSPS) is 11.8. The van der Waals surface area contributed by atoms with Crippen molar-refractivity contribution >= 4 is 44.1 Å². The zero-order valence-electron chi connectivity index (χ0n) is 21.9. The summed E-state index contributed by atoms with van der Waals surface area (Å²) in [5.74, 6) is -0.488. The number of aromatic amines is 2. The smallest absolute Gasteiger partial charge is 0.335 e. The van der Waals surface area contributed by atoms with Crippen molar-refractivity contribution in [3.63, 3.8) is 0 Å². The van der Waals surface area contributed by atoms with Crippen LogP contribution < -0.4 is 11.2 Å². The number of hydrogen-bond acceptors (Lipinski definition) is 4. The number of aliphatic imine (C=N–C) groups is 1. The maximum Gasteiger partial charge on any atom is 0.335 e. The summed E-state index contributed by atoms with van der Waals surface area (Å²) in [7, 11) is 0. The number of nitrogens with one attached hydrogen (secondary N) is 2. The van der Waals surface area contributed by atoms with E-state index in [9.17, 15) is 14.7 Å². The summed E-state index contributed by atoms with van der Waals surface area (Å²) in [4.78, 5) is 36.4. The lowest BCUT2D eigenvalue weighted by molar-refractivity contribution is 0.430. The molecule has 0 aliphatic rings. The number of unbranched alkanes of at least 4 members (excludes halogenated alkanes) is 1. The Bertz CT molecular complexity index is 1800. The van der Waals surface area contributed by atoms with E-state index >= 15 is 0 Å². The Labute approximate surface area is 244 Å². The van der Waals surface area contributed by atoms with Crippen LogP contribution >= 0.6 is 27.5 Å². The second-order valence-electron chi connectivity index (χ2n) is 9.55. The summed E-state index contributed by atoms with van der Waals surface area (Å²) < 4.78 is 1.87. The molecule has 2 aromatic heterocycles. The van der Waals surface area contributed by atoms with E-state index in [-0.39, 0.29) is 11.3 Å². The first kappa shape index (κ1) is 27.7. The lowest BCUT2D eigenvalue weighted by Gasteiger charge is -2.14. The van der Waals surface area contributed by atoms with Crippen molar-refractivity contribution in [2.45, 2.75) is 32.6 Å². The van der Waals surface area contributed by atoms with Gasteiger partial charge in [-0.3, -0.25) is 14.8 Å². The van der Waals surface area contributed by atoms with Gasteiger partial charge in [0.15, 0.2) is 0 Å². The number of aromatic nitrogens is 3. The van der Waals surface area contributed by atoms with Gasteiger partial charge in [-0.25, -0.2) is 9.36 Å². The molecule has 0 aliphatic carbocycles. The summed E-state index contributed by atoms with van der Waals surface area (Å²) in [5, 5.41) is 13.0. The Balaban J connectivity index is 1.56. The molecule has 0 unspecified atom stereocenters. The first-order valence-corrected chi connectivity index (χ1v) is 14.3. The highest BCUT2D eigenvalue weighted by Crippen LogP contribution is 2.24. The molecule has 0 amide bonds. The first-order valence-electron chi connectivity index (χ1n) is 13.1. The van der Waals surface area contributed by atoms with Crippen molar-refractivity contribution in [3.8, 4) is 11.6 Å². The van der Waals surface area contributed by atoms with Gasteiger partial charge in [0, 0.05) is 38.7 Å². The first-order chi connectivity index (χ1) is 19.4. The molecule has 204 valence electrons. The molecule has 0 aliphatic heterocycles. The molecule has 0 saturated heterocycles. The Morgan fingerprint density at radius 1 is 1.02 bits per heavy atom. The number of hydrogen-bond donors (Lipinski definition) is 3. The van der Waals surface area contributed by atoms with Crippen LogP contribution in [0, 0.1) is 0 Å². The van der Waals surface area contributed by atoms with Gasteiger partial charge in [-0.1, -0.05) is 59.1 Å². The van der Waals surface area contributed by atoms with E-state index in [2.05, 4.69) is 51.0 Å². The molecule has 2 heterocycles. The minimum Gasteiger partial charge on any atom is -0.493 e. The third kappa shape index (κ3) is 5.83. The fourth-order valence-corrected chi connectivity index (χ4v) is 5.14. The molecular weight excluding hydrogens is 592 g/mol. The molecular formula is C31H28BrClN4O3. The van der Waals surface area contributed by atoms with Crippen LogP contribution in [0.3, 0.4) is 0 Å². The van der Waals surface area contributed by atoms with E-state index < -0.39 is 17.1 Å². The second kappa shape index (κ2) is 12.1. The van der Waals surface area contributed by atoms with Gasteiger partial charge in [-0.05, 0) is 78.9 Å². The summed E-state index contributed by atoms with van der Waals surface area (Å²) in [6.45, 7) is 2.53. The molecule has 0 fully saturated rings. The van der Waals surface area contributed by atoms with Gasteiger partial charge in [-0.15, -0.1) is 0 Å². The van der Waals surface area contributed by atoms with Crippen molar-refractivity contribution in [2.75, 3.05) is 6.54 Å². The van der Waals surface area contributed by atoms with Crippen LogP contribution in [0.25, 0.3) is 16.6 Å². The van der Waals surface area contributed by atoms with E-state index in [0.717, 1.165) is 44.8 Å². The number of aromatic hydroxyl groups is 1. The fraction of sp³-hybridized carbons (Fsp3) is 0.194. The summed E-state index contributed by atoms with van der Waals surface area (Å²) in [6.07, 6.45) is 5.91. The van der Waals surface area contributed by atoms with Gasteiger partial charge in [-0.2, -0.15) is 0 Å². The van der Waals surface area contributed by atoms with Crippen LogP contribution in [-0.2, 0) is 12.8 Å². The number of rotatable bonds is 9. The van der Waals surface area contributed by atoms with E-state index in [1.165, 1.54) is 5.56 Å². The van der Waals surface area contributed by atoms with Crippen LogP contribution in [0.5, 0.6) is 5.88 Å². The van der Waals surface area contributed by atoms with E-state index in [1.807, 2.05) is 6.20 Å². The fourth-order valence-electron chi connectivity index (χ4n) is 4.75. The number of aryl methyl sites for hydroxylation is 1. The maximum atomic E-state index is 13.1. The molecule has 3 N–H and O–H groups in total. The molecule has 0 radical (unpaired) electrons. The number of benzene rings is 3. The number of nitrogens with zero attached hydrogens (tertiary/aromatic N) is 2.